The van der Waals surface area contributed by atoms with Crippen molar-refractivity contribution >= 4 is 5.95 Å². The number of hydrogen-bond donors (Lipinski definition) is 1. The van der Waals surface area contributed by atoms with Gasteiger partial charge in [0.25, 0.3) is 0 Å². The molecule has 1 heterocycles. The molecule has 5 nitrogen and oxygen atoms in total. The summed E-state index contributed by atoms with van der Waals surface area (Å²) in [5, 5.41) is 11.0. The minimum atomic E-state index is 0.352. The highest BCUT2D eigenvalue weighted by Crippen LogP contribution is 2.17. The van der Waals surface area contributed by atoms with E-state index in [9.17, 15) is 0 Å². The van der Waals surface area contributed by atoms with Crippen molar-refractivity contribution < 1.29 is 0 Å². The van der Waals surface area contributed by atoms with Crippen LogP contribution in [0.4, 0.5) is 5.95 Å². The average Bonchev–Trinajstić information content (AvgIpc) is 2.47. The first-order valence-electron chi connectivity index (χ1n) is 4.32. The fourth-order valence-electron chi connectivity index (χ4n) is 1.29. The van der Waals surface area contributed by atoms with Crippen molar-refractivity contribution in [2.45, 2.75) is 39.2 Å². The molecular weight excluding hydrogens is 154 g/mol. The van der Waals surface area contributed by atoms with Gasteiger partial charge in [0.2, 0.25) is 5.95 Å². The topological polar surface area (TPSA) is 69.6 Å². The molecule has 0 radical (unpaired) electrons. The minimum Gasteiger partial charge on any atom is -0.367 e. The summed E-state index contributed by atoms with van der Waals surface area (Å²) in [5.74, 6) is 0.412. The van der Waals surface area contributed by atoms with Crippen molar-refractivity contribution in [3.63, 3.8) is 0 Å². The average molecular weight is 169 g/mol. The molecule has 0 amide bonds. The van der Waals surface area contributed by atoms with E-state index >= 15 is 0 Å². The largest absolute Gasteiger partial charge is 0.367 e. The number of nitrogens with two attached hydrogens (primary N) is 1. The Bertz CT molecular complexity index is 231. The van der Waals surface area contributed by atoms with Gasteiger partial charge in [-0.25, -0.2) is 4.68 Å². The first-order valence-corrected chi connectivity index (χ1v) is 4.32. The molecule has 68 valence electrons. The normalized spacial score (nSPS) is 13.2. The van der Waals surface area contributed by atoms with Crippen molar-refractivity contribution in [1.82, 2.24) is 20.2 Å². The first kappa shape index (κ1) is 8.96. The molecule has 0 spiro atoms. The smallest absolute Gasteiger partial charge is 0.240 e. The van der Waals surface area contributed by atoms with Gasteiger partial charge in [-0.15, -0.1) is 0 Å². The third-order valence-electron chi connectivity index (χ3n) is 1.96. The summed E-state index contributed by atoms with van der Waals surface area (Å²) in [6, 6.07) is 0.352. The summed E-state index contributed by atoms with van der Waals surface area (Å²) in [7, 11) is 0. The zero-order valence-corrected chi connectivity index (χ0v) is 7.56. The highest BCUT2D eigenvalue weighted by molar-refractivity contribution is 5.11. The van der Waals surface area contributed by atoms with Gasteiger partial charge >= 0.3 is 0 Å². The second-order valence-electron chi connectivity index (χ2n) is 2.83. The maximum absolute atomic E-state index is 5.57. The van der Waals surface area contributed by atoms with E-state index < -0.39 is 0 Å². The van der Waals surface area contributed by atoms with Gasteiger partial charge in [-0.1, -0.05) is 25.4 Å². The second-order valence-corrected chi connectivity index (χ2v) is 2.83. The highest BCUT2D eigenvalue weighted by Gasteiger charge is 2.11. The van der Waals surface area contributed by atoms with Crippen LogP contribution in [0.1, 0.15) is 39.2 Å². The Hall–Kier alpha value is -1.13. The molecule has 12 heavy (non-hydrogen) atoms. The van der Waals surface area contributed by atoms with Crippen LogP contribution in [0.3, 0.4) is 0 Å². The summed E-state index contributed by atoms with van der Waals surface area (Å²) in [6.07, 6.45) is 3.21. The lowest BCUT2D eigenvalue weighted by Gasteiger charge is -2.13. The predicted molar refractivity (Wildman–Crippen MR) is 46.5 cm³/mol. The molecule has 0 saturated heterocycles. The van der Waals surface area contributed by atoms with Crippen LogP contribution in [0.2, 0.25) is 0 Å². The van der Waals surface area contributed by atoms with Gasteiger partial charge in [-0.3, -0.25) is 0 Å². The zero-order valence-electron chi connectivity index (χ0n) is 7.56. The highest BCUT2D eigenvalue weighted by atomic mass is 15.6. The van der Waals surface area contributed by atoms with Crippen molar-refractivity contribution in [2.75, 3.05) is 5.73 Å². The summed E-state index contributed by atoms with van der Waals surface area (Å²) in [5.41, 5.74) is 5.57. The standard InChI is InChI=1S/C7H15N5/c1-3-5-6(4-2)12-7(8)9-10-11-12/h6H,3-5H2,1-2H3,(H2,8,9,11). The molecule has 0 aliphatic heterocycles. The van der Waals surface area contributed by atoms with Gasteiger partial charge in [0, 0.05) is 0 Å². The molecule has 1 rings (SSSR count). The van der Waals surface area contributed by atoms with Crippen LogP contribution in [0.5, 0.6) is 0 Å². The second kappa shape index (κ2) is 4.04. The Labute approximate surface area is 71.9 Å². The van der Waals surface area contributed by atoms with Crippen LogP contribution in [0.25, 0.3) is 0 Å². The maximum Gasteiger partial charge on any atom is 0.240 e. The molecule has 0 saturated carbocycles. The molecule has 5 heteroatoms. The van der Waals surface area contributed by atoms with Gasteiger partial charge in [0.1, 0.15) is 0 Å². The Morgan fingerprint density at radius 3 is 2.67 bits per heavy atom. The van der Waals surface area contributed by atoms with Crippen LogP contribution in [0, 0.1) is 0 Å². The van der Waals surface area contributed by atoms with E-state index in [1.54, 1.807) is 4.68 Å². The molecule has 1 aromatic rings. The Kier molecular flexibility index (Phi) is 3.01. The van der Waals surface area contributed by atoms with E-state index in [4.69, 9.17) is 5.73 Å². The number of aromatic nitrogens is 4. The fraction of sp³-hybridized carbons (Fsp3) is 0.857. The molecule has 0 fully saturated rings. The molecule has 1 aromatic heterocycles. The lowest BCUT2D eigenvalue weighted by atomic mass is 10.1. The number of nitrogens with zero attached hydrogens (tertiary/aromatic N) is 4. The molecular formula is C7H15N5. The van der Waals surface area contributed by atoms with Crippen LogP contribution >= 0.6 is 0 Å². The minimum absolute atomic E-state index is 0.352. The Morgan fingerprint density at radius 2 is 2.25 bits per heavy atom. The SMILES string of the molecule is CCCC(CC)n1nnnc1N. The molecule has 0 aliphatic rings. The van der Waals surface area contributed by atoms with Crippen molar-refractivity contribution in [1.29, 1.82) is 0 Å². The van der Waals surface area contributed by atoms with E-state index in [-0.39, 0.29) is 0 Å². The third-order valence-corrected chi connectivity index (χ3v) is 1.96. The van der Waals surface area contributed by atoms with E-state index in [1.165, 1.54) is 0 Å². The Balaban J connectivity index is 2.72. The predicted octanol–water partition coefficient (Wildman–Crippen LogP) is 1.01. The number of hydrogen-bond acceptors (Lipinski definition) is 4. The van der Waals surface area contributed by atoms with E-state index in [0.29, 0.717) is 12.0 Å². The molecule has 0 aliphatic carbocycles. The van der Waals surface area contributed by atoms with Crippen molar-refractivity contribution in [3.05, 3.63) is 0 Å². The van der Waals surface area contributed by atoms with Crippen LogP contribution in [-0.4, -0.2) is 20.2 Å². The summed E-state index contributed by atoms with van der Waals surface area (Å²) >= 11 is 0. The number of nitrogen functional groups attached to an aromatic ring is 1. The summed E-state index contributed by atoms with van der Waals surface area (Å²) in [4.78, 5) is 0. The van der Waals surface area contributed by atoms with Crippen LogP contribution < -0.4 is 5.73 Å². The molecule has 0 aromatic carbocycles. The summed E-state index contributed by atoms with van der Waals surface area (Å²) in [6.45, 7) is 4.25. The molecule has 2 N–H and O–H groups in total. The number of anilines is 1. The third kappa shape index (κ3) is 1.72. The van der Waals surface area contributed by atoms with Gasteiger partial charge in [0.15, 0.2) is 0 Å². The zero-order chi connectivity index (χ0) is 8.97. The van der Waals surface area contributed by atoms with Gasteiger partial charge < -0.3 is 5.73 Å². The van der Waals surface area contributed by atoms with Gasteiger partial charge in [-0.05, 0) is 23.3 Å². The Morgan fingerprint density at radius 1 is 1.50 bits per heavy atom. The quantitative estimate of drug-likeness (QED) is 0.730. The lowest BCUT2D eigenvalue weighted by molar-refractivity contribution is 0.405. The molecule has 1 unspecified atom stereocenters. The first-order chi connectivity index (χ1) is 5.79. The maximum atomic E-state index is 5.57. The fourth-order valence-corrected chi connectivity index (χ4v) is 1.29. The van der Waals surface area contributed by atoms with Gasteiger partial charge in [-0.2, -0.15) is 0 Å². The summed E-state index contributed by atoms with van der Waals surface area (Å²) < 4.78 is 1.70. The lowest BCUT2D eigenvalue weighted by Crippen LogP contribution is -2.12. The van der Waals surface area contributed by atoms with Crippen LogP contribution in [0.15, 0.2) is 0 Å². The van der Waals surface area contributed by atoms with Crippen molar-refractivity contribution in [2.24, 2.45) is 0 Å². The molecule has 0 bridgehead atoms. The van der Waals surface area contributed by atoms with E-state index in [1.807, 2.05) is 0 Å². The van der Waals surface area contributed by atoms with E-state index in [2.05, 4.69) is 29.4 Å². The monoisotopic (exact) mass is 169 g/mol. The van der Waals surface area contributed by atoms with Gasteiger partial charge in [0.05, 0.1) is 6.04 Å². The molecule has 1 atom stereocenters. The number of rotatable bonds is 4. The van der Waals surface area contributed by atoms with Crippen molar-refractivity contribution in [3.8, 4) is 0 Å². The van der Waals surface area contributed by atoms with Crippen LogP contribution in [-0.2, 0) is 0 Å². The number of tetrazole rings is 1. The van der Waals surface area contributed by atoms with E-state index in [0.717, 1.165) is 19.3 Å².